The zero-order valence-electron chi connectivity index (χ0n) is 29.7. The van der Waals surface area contributed by atoms with Gasteiger partial charge in [-0.1, -0.05) is 43.3 Å². The van der Waals surface area contributed by atoms with Crippen LogP contribution in [0.2, 0.25) is 0 Å². The molecule has 9 heteroatoms. The second kappa shape index (κ2) is 15.6. The number of para-hydroxylation sites is 1. The van der Waals surface area contributed by atoms with Crippen LogP contribution in [0, 0.1) is 13.8 Å². The van der Waals surface area contributed by atoms with E-state index in [0.717, 1.165) is 50.8 Å². The molecular weight excluding hydrogens is 661 g/mol. The quantitative estimate of drug-likeness (QED) is 0.116. The summed E-state index contributed by atoms with van der Waals surface area (Å²) >= 11 is 0. The molecule has 9 nitrogen and oxygen atoms in total. The number of fused-ring (bicyclic) bond motifs is 2. The Labute approximate surface area is 307 Å². The van der Waals surface area contributed by atoms with Gasteiger partial charge in [-0.25, -0.2) is 0 Å². The van der Waals surface area contributed by atoms with E-state index in [4.69, 9.17) is 4.74 Å². The number of nitrogens with zero attached hydrogens (tertiary/aromatic N) is 4. The number of aromatic hydroxyl groups is 1. The Bertz CT molecular complexity index is 2500. The maximum absolute atomic E-state index is 13.0. The molecule has 3 N–H and O–H groups in total. The topological polar surface area (TPSA) is 120 Å². The Morgan fingerprint density at radius 1 is 0.623 bits per heavy atom. The lowest BCUT2D eigenvalue weighted by atomic mass is 10.1. The molecule has 0 radical (unpaired) electrons. The molecule has 7 aromatic carbocycles. The second-order valence-corrected chi connectivity index (χ2v) is 12.8. The van der Waals surface area contributed by atoms with E-state index < -0.39 is 0 Å². The maximum Gasteiger partial charge on any atom is 0.255 e. The number of anilines is 3. The number of rotatable bonds is 11. The van der Waals surface area contributed by atoms with E-state index in [1.165, 1.54) is 0 Å². The first-order chi connectivity index (χ1) is 25.8. The van der Waals surface area contributed by atoms with Crippen LogP contribution in [0.15, 0.2) is 154 Å². The predicted molar refractivity (Wildman–Crippen MR) is 214 cm³/mol. The molecule has 0 aliphatic rings. The molecule has 0 unspecified atom stereocenters. The number of benzene rings is 7. The Morgan fingerprint density at radius 2 is 1.28 bits per heavy atom. The normalized spacial score (nSPS) is 11.5. The molecule has 53 heavy (non-hydrogen) atoms. The summed E-state index contributed by atoms with van der Waals surface area (Å²) in [5.74, 6) is 0.663. The van der Waals surface area contributed by atoms with Crippen molar-refractivity contribution in [3.05, 3.63) is 150 Å². The fourth-order valence-electron chi connectivity index (χ4n) is 5.86. The van der Waals surface area contributed by atoms with E-state index >= 15 is 0 Å². The number of ether oxygens (including phenoxy) is 1. The third-order valence-electron chi connectivity index (χ3n) is 8.76. The zero-order chi connectivity index (χ0) is 36.7. The minimum Gasteiger partial charge on any atom is -0.505 e. The molecular formula is C44H38N6O3. The molecule has 0 saturated carbocycles. The zero-order valence-corrected chi connectivity index (χ0v) is 29.7. The van der Waals surface area contributed by atoms with Crippen molar-refractivity contribution in [2.45, 2.75) is 27.2 Å². The standard InChI is InChI=1S/C44H38N6O3/c1-4-22-53-38-19-13-30-10-17-37(26-33(30)27-38)46-44(52)31-11-15-35(16-12-31)47-49-41-23-29(3)42(24-28(41)2)50-48-40-21-14-32-25-36(18-20-39(32)43(40)51)45-34-8-6-5-7-9-34/h5-21,23-27,45,51H,4,22H2,1-3H3,(H,46,52). The van der Waals surface area contributed by atoms with Crippen LogP contribution in [-0.4, -0.2) is 17.6 Å². The van der Waals surface area contributed by atoms with Crippen LogP contribution in [-0.2, 0) is 0 Å². The summed E-state index contributed by atoms with van der Waals surface area (Å²) < 4.78 is 5.76. The van der Waals surface area contributed by atoms with E-state index in [0.29, 0.717) is 46.0 Å². The minimum absolute atomic E-state index is 0.0706. The number of nitrogens with one attached hydrogen (secondary N) is 2. The number of phenolic OH excluding ortho intramolecular Hbond substituents is 1. The van der Waals surface area contributed by atoms with E-state index in [1.807, 2.05) is 117 Å². The molecule has 0 aromatic heterocycles. The maximum atomic E-state index is 13.0. The van der Waals surface area contributed by atoms with E-state index in [1.54, 1.807) is 30.3 Å². The van der Waals surface area contributed by atoms with E-state index in [2.05, 4.69) is 38.0 Å². The first kappa shape index (κ1) is 34.6. The van der Waals surface area contributed by atoms with Crippen molar-refractivity contribution in [3.63, 3.8) is 0 Å². The van der Waals surface area contributed by atoms with Crippen molar-refractivity contribution in [1.82, 2.24) is 0 Å². The van der Waals surface area contributed by atoms with Crippen LogP contribution < -0.4 is 15.4 Å². The molecule has 7 aromatic rings. The molecule has 0 atom stereocenters. The summed E-state index contributed by atoms with van der Waals surface area (Å²) in [6.45, 7) is 6.59. The van der Waals surface area contributed by atoms with Gasteiger partial charge in [0, 0.05) is 28.0 Å². The lowest BCUT2D eigenvalue weighted by Crippen LogP contribution is -2.11. The van der Waals surface area contributed by atoms with Crippen molar-refractivity contribution < 1.29 is 14.6 Å². The highest BCUT2D eigenvalue weighted by Gasteiger charge is 2.10. The van der Waals surface area contributed by atoms with Crippen molar-refractivity contribution in [1.29, 1.82) is 0 Å². The molecule has 0 aliphatic heterocycles. The Morgan fingerprint density at radius 3 is 2.04 bits per heavy atom. The van der Waals surface area contributed by atoms with Gasteiger partial charge in [0.05, 0.1) is 23.7 Å². The molecule has 0 saturated heterocycles. The summed E-state index contributed by atoms with van der Waals surface area (Å²) in [6, 6.07) is 41.9. The number of azo groups is 2. The summed E-state index contributed by atoms with van der Waals surface area (Å²) in [5.41, 5.74) is 7.19. The molecule has 0 fully saturated rings. The highest BCUT2D eigenvalue weighted by molar-refractivity contribution is 6.05. The number of carbonyl (C=O) groups excluding carboxylic acids is 1. The van der Waals surface area contributed by atoms with Crippen LogP contribution in [0.4, 0.5) is 39.8 Å². The smallest absolute Gasteiger partial charge is 0.255 e. The first-order valence-corrected chi connectivity index (χ1v) is 17.4. The third-order valence-corrected chi connectivity index (χ3v) is 8.76. The average molecular weight is 699 g/mol. The van der Waals surface area contributed by atoms with Crippen LogP contribution >= 0.6 is 0 Å². The van der Waals surface area contributed by atoms with E-state index in [-0.39, 0.29) is 11.7 Å². The van der Waals surface area contributed by atoms with Crippen molar-refractivity contribution >= 4 is 67.3 Å². The fourth-order valence-corrected chi connectivity index (χ4v) is 5.86. The largest absolute Gasteiger partial charge is 0.505 e. The van der Waals surface area contributed by atoms with Crippen molar-refractivity contribution in [3.8, 4) is 11.5 Å². The Hall–Kier alpha value is -6.87. The Kier molecular flexibility index (Phi) is 10.2. The fraction of sp³-hybridized carbons (Fsp3) is 0.114. The molecule has 1 amide bonds. The van der Waals surface area contributed by atoms with Gasteiger partial charge >= 0.3 is 0 Å². The summed E-state index contributed by atoms with van der Waals surface area (Å²) in [7, 11) is 0. The number of aryl methyl sites for hydroxylation is 2. The van der Waals surface area contributed by atoms with Gasteiger partial charge in [-0.15, -0.1) is 5.11 Å². The van der Waals surface area contributed by atoms with Crippen LogP contribution in [0.1, 0.15) is 34.8 Å². The second-order valence-electron chi connectivity index (χ2n) is 12.8. The molecule has 0 heterocycles. The number of carbonyl (C=O) groups is 1. The highest BCUT2D eigenvalue weighted by Crippen LogP contribution is 2.38. The molecule has 0 bridgehead atoms. The molecule has 262 valence electrons. The number of phenols is 1. The van der Waals surface area contributed by atoms with Crippen LogP contribution in [0.3, 0.4) is 0 Å². The van der Waals surface area contributed by atoms with Gasteiger partial charge in [-0.2, -0.15) is 15.3 Å². The van der Waals surface area contributed by atoms with Gasteiger partial charge in [-0.05, 0) is 145 Å². The minimum atomic E-state index is -0.218. The molecule has 0 spiro atoms. The van der Waals surface area contributed by atoms with Gasteiger partial charge in [0.1, 0.15) is 11.4 Å². The van der Waals surface area contributed by atoms with Crippen LogP contribution in [0.5, 0.6) is 11.5 Å². The SMILES string of the molecule is CCCOc1ccc2ccc(NC(=O)c3ccc(N=Nc4cc(C)c(N=Nc5ccc6cc(Nc7ccccc7)ccc6c5O)cc4C)cc3)cc2c1. The molecule has 7 rings (SSSR count). The van der Waals surface area contributed by atoms with Gasteiger partial charge in [0.15, 0.2) is 5.75 Å². The summed E-state index contributed by atoms with van der Waals surface area (Å²) in [4.78, 5) is 13.0. The highest BCUT2D eigenvalue weighted by atomic mass is 16.5. The van der Waals surface area contributed by atoms with Gasteiger partial charge in [-0.3, -0.25) is 4.79 Å². The van der Waals surface area contributed by atoms with Crippen molar-refractivity contribution in [2.75, 3.05) is 17.2 Å². The summed E-state index contributed by atoms with van der Waals surface area (Å²) in [6.07, 6.45) is 0.936. The lowest BCUT2D eigenvalue weighted by molar-refractivity contribution is 0.102. The summed E-state index contributed by atoms with van der Waals surface area (Å²) in [5, 5.41) is 38.7. The first-order valence-electron chi connectivity index (χ1n) is 17.4. The van der Waals surface area contributed by atoms with Gasteiger partial charge < -0.3 is 20.5 Å². The van der Waals surface area contributed by atoms with E-state index in [9.17, 15) is 9.90 Å². The average Bonchev–Trinajstić information content (AvgIpc) is 3.17. The Balaban J connectivity index is 0.996. The molecule has 0 aliphatic carbocycles. The third kappa shape index (κ3) is 8.21. The monoisotopic (exact) mass is 698 g/mol. The lowest BCUT2D eigenvalue weighted by Gasteiger charge is -2.09. The van der Waals surface area contributed by atoms with Crippen LogP contribution in [0.25, 0.3) is 21.5 Å². The predicted octanol–water partition coefficient (Wildman–Crippen LogP) is 12.9. The van der Waals surface area contributed by atoms with Gasteiger partial charge in [0.2, 0.25) is 0 Å². The number of amides is 1. The number of hydrogen-bond donors (Lipinski definition) is 3. The van der Waals surface area contributed by atoms with Crippen molar-refractivity contribution in [2.24, 2.45) is 20.5 Å². The van der Waals surface area contributed by atoms with Gasteiger partial charge in [0.25, 0.3) is 5.91 Å². The number of hydrogen-bond acceptors (Lipinski definition) is 8.